The molecule has 0 aromatic heterocycles. The number of amides is 1. The molecule has 4 rings (SSSR count). The molecule has 6 nitrogen and oxygen atoms in total. The fourth-order valence-corrected chi connectivity index (χ4v) is 5.21. The summed E-state index contributed by atoms with van der Waals surface area (Å²) in [7, 11) is 6.99. The van der Waals surface area contributed by atoms with Crippen molar-refractivity contribution in [3.63, 3.8) is 0 Å². The second-order valence-corrected chi connectivity index (χ2v) is 8.20. The van der Waals surface area contributed by atoms with Gasteiger partial charge in [0.1, 0.15) is 16.4 Å². The highest BCUT2D eigenvalue weighted by Crippen LogP contribution is 2.50. The van der Waals surface area contributed by atoms with E-state index in [1.807, 2.05) is 54.4 Å². The van der Waals surface area contributed by atoms with E-state index in [4.69, 9.17) is 9.47 Å². The van der Waals surface area contributed by atoms with Crippen LogP contribution in [0.5, 0.6) is 11.5 Å². The molecule has 2 aliphatic heterocycles. The first kappa shape index (κ1) is 18.8. The summed E-state index contributed by atoms with van der Waals surface area (Å²) < 4.78 is 10.5. The fourth-order valence-electron chi connectivity index (χ4n) is 2.90. The van der Waals surface area contributed by atoms with Crippen molar-refractivity contribution in [3.8, 4) is 11.5 Å². The smallest absolute Gasteiger partial charge is 0.269 e. The molecule has 1 amide bonds. The maximum atomic E-state index is 12.9. The maximum absolute atomic E-state index is 12.9. The summed E-state index contributed by atoms with van der Waals surface area (Å²) in [5, 5.41) is 1.56. The zero-order chi connectivity index (χ0) is 19.8. The molecule has 1 saturated heterocycles. The Morgan fingerprint density at radius 1 is 0.893 bits per heavy atom. The molecule has 0 aliphatic carbocycles. The molecule has 0 atom stereocenters. The number of thioether (sulfide) groups is 2. The number of amidine groups is 1. The van der Waals surface area contributed by atoms with Gasteiger partial charge in [-0.15, -0.1) is 0 Å². The minimum absolute atomic E-state index is 0.0496. The molecule has 2 aromatic rings. The van der Waals surface area contributed by atoms with Crippen LogP contribution in [0.25, 0.3) is 0 Å². The SMILES string of the molecule is COc1ccc(N=C2S/C(=C3\Sc4ccc(OC)cc4N3C)C(=O)N2C)cc1. The third-order valence-electron chi connectivity index (χ3n) is 4.51. The van der Waals surface area contributed by atoms with E-state index in [0.717, 1.165) is 32.8 Å². The number of hydrogen-bond donors (Lipinski definition) is 0. The van der Waals surface area contributed by atoms with E-state index in [2.05, 4.69) is 4.99 Å². The summed E-state index contributed by atoms with van der Waals surface area (Å²) in [6.45, 7) is 0. The minimum atomic E-state index is -0.0496. The van der Waals surface area contributed by atoms with Crippen molar-refractivity contribution in [2.24, 2.45) is 4.99 Å². The molecule has 0 saturated carbocycles. The summed E-state index contributed by atoms with van der Waals surface area (Å²) in [4.78, 5) is 22.9. The average Bonchev–Trinajstić information content (AvgIpc) is 3.19. The van der Waals surface area contributed by atoms with Crippen LogP contribution in [0.1, 0.15) is 0 Å². The van der Waals surface area contributed by atoms with Gasteiger partial charge in [0.2, 0.25) is 0 Å². The zero-order valence-electron chi connectivity index (χ0n) is 15.9. The van der Waals surface area contributed by atoms with E-state index < -0.39 is 0 Å². The van der Waals surface area contributed by atoms with E-state index in [-0.39, 0.29) is 5.91 Å². The van der Waals surface area contributed by atoms with Crippen LogP contribution < -0.4 is 14.4 Å². The molecule has 1 fully saturated rings. The first-order chi connectivity index (χ1) is 13.5. The second kappa shape index (κ2) is 7.44. The zero-order valence-corrected chi connectivity index (χ0v) is 17.6. The molecule has 8 heteroatoms. The molecule has 28 heavy (non-hydrogen) atoms. The van der Waals surface area contributed by atoms with Gasteiger partial charge in [0.15, 0.2) is 5.17 Å². The Labute approximate surface area is 172 Å². The number of fused-ring (bicyclic) bond motifs is 1. The Kier molecular flexibility index (Phi) is 4.99. The summed E-state index contributed by atoms with van der Waals surface area (Å²) in [6, 6.07) is 13.4. The van der Waals surface area contributed by atoms with Crippen molar-refractivity contribution in [1.82, 2.24) is 4.90 Å². The Morgan fingerprint density at radius 3 is 2.25 bits per heavy atom. The van der Waals surface area contributed by atoms with E-state index >= 15 is 0 Å². The van der Waals surface area contributed by atoms with Gasteiger partial charge >= 0.3 is 0 Å². The molecule has 2 aromatic carbocycles. The van der Waals surface area contributed by atoms with Crippen molar-refractivity contribution >= 4 is 46.0 Å². The van der Waals surface area contributed by atoms with Crippen molar-refractivity contribution in [1.29, 1.82) is 0 Å². The number of rotatable bonds is 3. The Morgan fingerprint density at radius 2 is 1.57 bits per heavy atom. The third-order valence-corrected chi connectivity index (χ3v) is 6.99. The normalized spacial score (nSPS) is 20.1. The van der Waals surface area contributed by atoms with Crippen LogP contribution in [0, 0.1) is 0 Å². The first-order valence-corrected chi connectivity index (χ1v) is 10.2. The van der Waals surface area contributed by atoms with Crippen LogP contribution in [0.4, 0.5) is 11.4 Å². The predicted molar refractivity (Wildman–Crippen MR) is 115 cm³/mol. The standard InChI is InChI=1S/C20H19N3O3S2/c1-22-15-11-14(26-4)9-10-16(15)27-19(22)17-18(24)23(2)20(28-17)21-12-5-7-13(25-3)8-6-12/h5-11H,1-4H3/b19-17-,21-20?. The number of nitrogens with zero attached hydrogens (tertiary/aromatic N) is 3. The van der Waals surface area contributed by atoms with Crippen molar-refractivity contribution < 1.29 is 14.3 Å². The van der Waals surface area contributed by atoms with Gasteiger partial charge in [0.25, 0.3) is 5.91 Å². The summed E-state index contributed by atoms with van der Waals surface area (Å²) in [6.07, 6.45) is 0. The van der Waals surface area contributed by atoms with Gasteiger partial charge in [0, 0.05) is 25.1 Å². The summed E-state index contributed by atoms with van der Waals surface area (Å²) >= 11 is 2.98. The van der Waals surface area contributed by atoms with Crippen LogP contribution >= 0.6 is 23.5 Å². The molecule has 2 aliphatic rings. The Bertz CT molecular complexity index is 1000. The topological polar surface area (TPSA) is 54.4 Å². The third kappa shape index (κ3) is 3.22. The number of aliphatic imine (C=N–C) groups is 1. The van der Waals surface area contributed by atoms with E-state index in [1.54, 1.807) is 37.9 Å². The molecule has 0 N–H and O–H groups in total. The van der Waals surface area contributed by atoms with Crippen molar-refractivity contribution in [2.75, 3.05) is 33.2 Å². The lowest BCUT2D eigenvalue weighted by molar-refractivity contribution is -0.121. The van der Waals surface area contributed by atoms with Gasteiger partial charge < -0.3 is 14.4 Å². The number of anilines is 1. The number of carbonyl (C=O) groups is 1. The number of ether oxygens (including phenoxy) is 2. The maximum Gasteiger partial charge on any atom is 0.269 e. The van der Waals surface area contributed by atoms with E-state index in [1.165, 1.54) is 11.8 Å². The number of hydrogen-bond acceptors (Lipinski definition) is 7. The fraction of sp³-hybridized carbons (Fsp3) is 0.200. The van der Waals surface area contributed by atoms with Gasteiger partial charge in [-0.2, -0.15) is 0 Å². The van der Waals surface area contributed by atoms with Crippen LogP contribution in [0.3, 0.4) is 0 Å². The van der Waals surface area contributed by atoms with Gasteiger partial charge in [-0.3, -0.25) is 9.69 Å². The lowest BCUT2D eigenvalue weighted by atomic mass is 10.3. The number of methoxy groups -OCH3 is 2. The molecule has 0 spiro atoms. The largest absolute Gasteiger partial charge is 0.497 e. The number of carbonyl (C=O) groups excluding carboxylic acids is 1. The predicted octanol–water partition coefficient (Wildman–Crippen LogP) is 4.31. The Hall–Kier alpha value is -2.58. The molecule has 0 unspecified atom stereocenters. The molecular formula is C20H19N3O3S2. The first-order valence-electron chi connectivity index (χ1n) is 8.54. The van der Waals surface area contributed by atoms with Crippen LogP contribution in [-0.2, 0) is 4.79 Å². The van der Waals surface area contributed by atoms with Crippen molar-refractivity contribution in [2.45, 2.75) is 4.90 Å². The highest BCUT2D eigenvalue weighted by atomic mass is 32.2. The summed E-state index contributed by atoms with van der Waals surface area (Å²) in [5.74, 6) is 1.51. The van der Waals surface area contributed by atoms with E-state index in [9.17, 15) is 4.79 Å². The average molecular weight is 414 g/mol. The molecule has 0 radical (unpaired) electrons. The highest BCUT2D eigenvalue weighted by molar-refractivity contribution is 8.19. The minimum Gasteiger partial charge on any atom is -0.497 e. The quantitative estimate of drug-likeness (QED) is 0.699. The number of likely N-dealkylation sites (N-methyl/N-ethyl adjacent to an activating group) is 1. The van der Waals surface area contributed by atoms with Gasteiger partial charge in [-0.05, 0) is 48.2 Å². The molecule has 2 heterocycles. The summed E-state index contributed by atoms with van der Waals surface area (Å²) in [5.41, 5.74) is 1.80. The van der Waals surface area contributed by atoms with Gasteiger partial charge in [-0.25, -0.2) is 4.99 Å². The molecular weight excluding hydrogens is 394 g/mol. The monoisotopic (exact) mass is 413 g/mol. The lowest BCUT2D eigenvalue weighted by Gasteiger charge is -2.15. The van der Waals surface area contributed by atoms with Crippen molar-refractivity contribution in [3.05, 3.63) is 52.4 Å². The second-order valence-electron chi connectivity index (χ2n) is 6.19. The van der Waals surface area contributed by atoms with Gasteiger partial charge in [0.05, 0.1) is 30.6 Å². The lowest BCUT2D eigenvalue weighted by Crippen LogP contribution is -2.24. The van der Waals surface area contributed by atoms with Crippen LogP contribution in [-0.4, -0.2) is 44.3 Å². The van der Waals surface area contributed by atoms with Gasteiger partial charge in [-0.1, -0.05) is 11.8 Å². The van der Waals surface area contributed by atoms with Crippen LogP contribution in [0.15, 0.2) is 62.3 Å². The molecule has 0 bridgehead atoms. The molecule has 144 valence electrons. The highest BCUT2D eigenvalue weighted by Gasteiger charge is 2.37. The Balaban J connectivity index is 1.66. The number of benzene rings is 2. The van der Waals surface area contributed by atoms with Crippen LogP contribution in [0.2, 0.25) is 0 Å². The van der Waals surface area contributed by atoms with E-state index in [0.29, 0.717) is 10.1 Å².